The monoisotopic (exact) mass is 329 g/mol. The molecule has 2 rings (SSSR count). The van der Waals surface area contributed by atoms with E-state index in [0.717, 1.165) is 15.7 Å². The maximum absolute atomic E-state index is 13.1. The smallest absolute Gasteiger partial charge is 0.165 e. The van der Waals surface area contributed by atoms with E-state index in [0.29, 0.717) is 11.6 Å². The van der Waals surface area contributed by atoms with Gasteiger partial charge < -0.3 is 10.4 Å². The van der Waals surface area contributed by atoms with Crippen LogP contribution in [0, 0.1) is 5.82 Å². The molecule has 0 aliphatic heterocycles. The molecule has 0 aliphatic rings. The van der Waals surface area contributed by atoms with E-state index in [1.807, 2.05) is 6.07 Å². The van der Waals surface area contributed by atoms with Crippen molar-refractivity contribution in [1.29, 1.82) is 0 Å². The van der Waals surface area contributed by atoms with Gasteiger partial charge in [-0.15, -0.1) is 0 Å². The maximum atomic E-state index is 13.1. The molecule has 0 unspecified atom stereocenters. The molecule has 2 nitrogen and oxygen atoms in total. The van der Waals surface area contributed by atoms with Crippen molar-refractivity contribution in [1.82, 2.24) is 0 Å². The standard InChI is InChI=1S/C13H10BrClFNO/c14-10-6-9(15)2-3-12(10)17-7-8-1-4-13(18)11(16)5-8/h1-6,17-18H,7H2. The van der Waals surface area contributed by atoms with Crippen molar-refractivity contribution < 1.29 is 9.50 Å². The van der Waals surface area contributed by atoms with Gasteiger partial charge in [-0.1, -0.05) is 17.7 Å². The molecule has 5 heteroatoms. The summed E-state index contributed by atoms with van der Waals surface area (Å²) in [5.41, 5.74) is 1.61. The highest BCUT2D eigenvalue weighted by atomic mass is 79.9. The zero-order valence-corrected chi connectivity index (χ0v) is 11.6. The molecule has 0 saturated carbocycles. The number of anilines is 1. The van der Waals surface area contributed by atoms with Gasteiger partial charge in [-0.25, -0.2) is 4.39 Å². The van der Waals surface area contributed by atoms with E-state index in [-0.39, 0.29) is 5.75 Å². The number of halogens is 3. The van der Waals surface area contributed by atoms with Gasteiger partial charge in [0.2, 0.25) is 0 Å². The lowest BCUT2D eigenvalue weighted by Crippen LogP contribution is -2.00. The summed E-state index contributed by atoms with van der Waals surface area (Å²) in [5.74, 6) is -0.962. The van der Waals surface area contributed by atoms with Crippen molar-refractivity contribution >= 4 is 33.2 Å². The molecule has 0 heterocycles. The van der Waals surface area contributed by atoms with Gasteiger partial charge in [-0.05, 0) is 51.8 Å². The highest BCUT2D eigenvalue weighted by molar-refractivity contribution is 9.10. The zero-order chi connectivity index (χ0) is 13.1. The topological polar surface area (TPSA) is 32.3 Å². The average molecular weight is 331 g/mol. The molecule has 94 valence electrons. The quantitative estimate of drug-likeness (QED) is 0.864. The van der Waals surface area contributed by atoms with Gasteiger partial charge in [-0.3, -0.25) is 0 Å². The molecule has 2 N–H and O–H groups in total. The second-order valence-electron chi connectivity index (χ2n) is 3.76. The third-order valence-electron chi connectivity index (χ3n) is 2.43. The predicted octanol–water partition coefficient (Wildman–Crippen LogP) is 4.56. The van der Waals surface area contributed by atoms with Crippen LogP contribution in [0.3, 0.4) is 0 Å². The number of phenolic OH excluding ortho intramolecular Hbond substituents is 1. The Hall–Kier alpha value is -1.26. The largest absolute Gasteiger partial charge is 0.505 e. The van der Waals surface area contributed by atoms with Crippen molar-refractivity contribution in [2.75, 3.05) is 5.32 Å². The number of nitrogens with one attached hydrogen (secondary N) is 1. The third-order valence-corrected chi connectivity index (χ3v) is 3.32. The van der Waals surface area contributed by atoms with Crippen LogP contribution in [0.25, 0.3) is 0 Å². The lowest BCUT2D eigenvalue weighted by molar-refractivity contribution is 0.432. The molecule has 2 aromatic carbocycles. The minimum atomic E-state index is -0.621. The van der Waals surface area contributed by atoms with Crippen molar-refractivity contribution in [2.45, 2.75) is 6.54 Å². The molecule has 0 amide bonds. The maximum Gasteiger partial charge on any atom is 0.165 e. The highest BCUT2D eigenvalue weighted by Gasteiger charge is 2.03. The Kier molecular flexibility index (Phi) is 4.09. The van der Waals surface area contributed by atoms with Crippen molar-refractivity contribution in [2.24, 2.45) is 0 Å². The Morgan fingerprint density at radius 1 is 1.22 bits per heavy atom. The normalized spacial score (nSPS) is 10.4. The number of hydrogen-bond donors (Lipinski definition) is 2. The van der Waals surface area contributed by atoms with Gasteiger partial charge in [0.05, 0.1) is 0 Å². The Bertz CT molecular complexity index is 577. The van der Waals surface area contributed by atoms with E-state index in [1.165, 1.54) is 12.1 Å². The molecule has 0 aromatic heterocycles. The van der Waals surface area contributed by atoms with Crippen LogP contribution in [0.2, 0.25) is 5.02 Å². The summed E-state index contributed by atoms with van der Waals surface area (Å²) >= 11 is 9.22. The first kappa shape index (κ1) is 13.2. The molecule has 0 aliphatic carbocycles. The molecule has 2 aromatic rings. The summed E-state index contributed by atoms with van der Waals surface area (Å²) in [4.78, 5) is 0. The minimum absolute atomic E-state index is 0.341. The highest BCUT2D eigenvalue weighted by Crippen LogP contribution is 2.26. The molecule has 0 radical (unpaired) electrons. The Morgan fingerprint density at radius 2 is 2.00 bits per heavy atom. The van der Waals surface area contributed by atoms with Gasteiger partial charge in [0.1, 0.15) is 0 Å². The Morgan fingerprint density at radius 3 is 2.67 bits per heavy atom. The first-order valence-electron chi connectivity index (χ1n) is 5.22. The molecule has 0 fully saturated rings. The fraction of sp³-hybridized carbons (Fsp3) is 0.0769. The van der Waals surface area contributed by atoms with Gasteiger partial charge in [0.25, 0.3) is 0 Å². The number of benzene rings is 2. The number of hydrogen-bond acceptors (Lipinski definition) is 2. The summed E-state index contributed by atoms with van der Waals surface area (Å²) < 4.78 is 14.0. The number of rotatable bonds is 3. The van der Waals surface area contributed by atoms with Crippen LogP contribution in [0.1, 0.15) is 5.56 Å². The SMILES string of the molecule is Oc1ccc(CNc2ccc(Cl)cc2Br)cc1F. The van der Waals surface area contributed by atoms with Crippen LogP contribution in [0.5, 0.6) is 5.75 Å². The van der Waals surface area contributed by atoms with Gasteiger partial charge in [-0.2, -0.15) is 0 Å². The molecule has 0 atom stereocenters. The van der Waals surface area contributed by atoms with Crippen LogP contribution in [-0.4, -0.2) is 5.11 Å². The zero-order valence-electron chi connectivity index (χ0n) is 9.25. The molecule has 0 spiro atoms. The second kappa shape index (κ2) is 5.59. The van der Waals surface area contributed by atoms with E-state index < -0.39 is 5.82 Å². The van der Waals surface area contributed by atoms with Crippen LogP contribution in [-0.2, 0) is 6.54 Å². The average Bonchev–Trinajstić information content (AvgIpc) is 2.32. The fourth-order valence-electron chi connectivity index (χ4n) is 1.49. The summed E-state index contributed by atoms with van der Waals surface area (Å²) in [6, 6.07) is 9.68. The Balaban J connectivity index is 2.09. The molecular formula is C13H10BrClFNO. The lowest BCUT2D eigenvalue weighted by atomic mass is 10.2. The second-order valence-corrected chi connectivity index (χ2v) is 5.05. The molecular weight excluding hydrogens is 321 g/mol. The summed E-state index contributed by atoms with van der Waals surface area (Å²) in [6.45, 7) is 0.456. The van der Waals surface area contributed by atoms with E-state index in [1.54, 1.807) is 18.2 Å². The number of phenols is 1. The van der Waals surface area contributed by atoms with Crippen LogP contribution < -0.4 is 5.32 Å². The molecule has 0 bridgehead atoms. The summed E-state index contributed by atoms with van der Waals surface area (Å²) in [6.07, 6.45) is 0. The van der Waals surface area contributed by atoms with Gasteiger partial charge in [0.15, 0.2) is 11.6 Å². The van der Waals surface area contributed by atoms with Crippen molar-refractivity contribution in [3.8, 4) is 5.75 Å². The number of aromatic hydroxyl groups is 1. The third kappa shape index (κ3) is 3.15. The Labute approximate surface area is 118 Å². The first-order chi connectivity index (χ1) is 8.56. The van der Waals surface area contributed by atoms with Crippen molar-refractivity contribution in [3.63, 3.8) is 0 Å². The van der Waals surface area contributed by atoms with Crippen LogP contribution in [0.15, 0.2) is 40.9 Å². The van der Waals surface area contributed by atoms with Crippen LogP contribution >= 0.6 is 27.5 Å². The predicted molar refractivity (Wildman–Crippen MR) is 74.5 cm³/mol. The fourth-order valence-corrected chi connectivity index (χ4v) is 2.31. The van der Waals surface area contributed by atoms with E-state index in [9.17, 15) is 4.39 Å². The van der Waals surface area contributed by atoms with Gasteiger partial charge >= 0.3 is 0 Å². The minimum Gasteiger partial charge on any atom is -0.505 e. The van der Waals surface area contributed by atoms with E-state index in [4.69, 9.17) is 16.7 Å². The van der Waals surface area contributed by atoms with E-state index in [2.05, 4.69) is 21.2 Å². The van der Waals surface area contributed by atoms with E-state index >= 15 is 0 Å². The first-order valence-corrected chi connectivity index (χ1v) is 6.39. The molecule has 0 saturated heterocycles. The summed E-state index contributed by atoms with van der Waals surface area (Å²) in [5, 5.41) is 12.9. The van der Waals surface area contributed by atoms with Gasteiger partial charge in [0, 0.05) is 21.7 Å². The molecule has 18 heavy (non-hydrogen) atoms. The van der Waals surface area contributed by atoms with Crippen molar-refractivity contribution in [3.05, 3.63) is 57.3 Å². The van der Waals surface area contributed by atoms with Crippen LogP contribution in [0.4, 0.5) is 10.1 Å². The lowest BCUT2D eigenvalue weighted by Gasteiger charge is -2.09. The summed E-state index contributed by atoms with van der Waals surface area (Å²) in [7, 11) is 0.